The van der Waals surface area contributed by atoms with Crippen LogP contribution < -0.4 is 0 Å². The number of rotatable bonds is 3. The highest BCUT2D eigenvalue weighted by molar-refractivity contribution is 7.90. The summed E-state index contributed by atoms with van der Waals surface area (Å²) in [6, 6.07) is 7.84. The summed E-state index contributed by atoms with van der Waals surface area (Å²) in [6.07, 6.45) is 4.60. The maximum Gasteiger partial charge on any atom is 0.174 e. The third-order valence-corrected chi connectivity index (χ3v) is 5.62. The van der Waals surface area contributed by atoms with Crippen LogP contribution in [0.4, 0.5) is 0 Å². The topological polar surface area (TPSA) is 65.7 Å². The van der Waals surface area contributed by atoms with E-state index in [0.29, 0.717) is 11.2 Å². The average molecular weight is 308 g/mol. The van der Waals surface area contributed by atoms with E-state index in [0.717, 1.165) is 23.2 Å². The molecule has 2 atom stereocenters. The molecule has 0 saturated heterocycles. The normalized spacial score (nSPS) is 21.9. The Morgan fingerprint density at radius 3 is 2.60 bits per heavy atom. The summed E-state index contributed by atoms with van der Waals surface area (Å²) in [5.74, 6) is 0.215. The summed E-state index contributed by atoms with van der Waals surface area (Å²) in [6.45, 7) is 0. The molecule has 6 heteroatoms. The highest BCUT2D eigenvalue weighted by Crippen LogP contribution is 2.45. The van der Waals surface area contributed by atoms with Gasteiger partial charge in [-0.2, -0.15) is 0 Å². The molecule has 0 fully saturated rings. The Morgan fingerprint density at radius 1 is 1.30 bits per heavy atom. The molecule has 1 aliphatic rings. The van der Waals surface area contributed by atoms with E-state index in [4.69, 9.17) is 12.2 Å². The van der Waals surface area contributed by atoms with E-state index >= 15 is 0 Å². The molecule has 2 N–H and O–H groups in total. The molecule has 0 spiro atoms. The monoisotopic (exact) mass is 308 g/mol. The molecule has 2 unspecified atom stereocenters. The molecule has 1 aliphatic carbocycles. The largest absolute Gasteiger partial charge is 0.337 e. The number of aromatic amines is 2. The van der Waals surface area contributed by atoms with Crippen molar-refractivity contribution in [3.05, 3.63) is 52.1 Å². The zero-order valence-corrected chi connectivity index (χ0v) is 12.7. The van der Waals surface area contributed by atoms with E-state index in [1.165, 1.54) is 6.26 Å². The molecular weight excluding hydrogens is 292 g/mol. The van der Waals surface area contributed by atoms with Gasteiger partial charge in [0.25, 0.3) is 0 Å². The van der Waals surface area contributed by atoms with Crippen molar-refractivity contribution in [2.45, 2.75) is 24.0 Å². The SMILES string of the molecule is CS(=O)(=O)C1CC(Cc2c[nH]c(=S)[nH]2)c2ccccc21. The third kappa shape index (κ3) is 2.45. The van der Waals surface area contributed by atoms with Crippen molar-refractivity contribution in [1.29, 1.82) is 0 Å². The maximum atomic E-state index is 12.0. The van der Waals surface area contributed by atoms with Crippen molar-refractivity contribution in [1.82, 2.24) is 9.97 Å². The van der Waals surface area contributed by atoms with E-state index in [-0.39, 0.29) is 11.2 Å². The minimum Gasteiger partial charge on any atom is -0.337 e. The van der Waals surface area contributed by atoms with Gasteiger partial charge in [-0.15, -0.1) is 0 Å². The van der Waals surface area contributed by atoms with Crippen LogP contribution in [0.5, 0.6) is 0 Å². The van der Waals surface area contributed by atoms with E-state index < -0.39 is 9.84 Å². The highest BCUT2D eigenvalue weighted by atomic mass is 32.2. The molecule has 106 valence electrons. The first-order chi connectivity index (χ1) is 9.45. The number of benzene rings is 1. The van der Waals surface area contributed by atoms with Gasteiger partial charge in [0.2, 0.25) is 0 Å². The number of imidazole rings is 1. The average Bonchev–Trinajstić information content (AvgIpc) is 2.94. The molecule has 1 aromatic heterocycles. The zero-order valence-electron chi connectivity index (χ0n) is 11.1. The van der Waals surface area contributed by atoms with Crippen LogP contribution in [0.15, 0.2) is 30.5 Å². The molecule has 20 heavy (non-hydrogen) atoms. The smallest absolute Gasteiger partial charge is 0.174 e. The second kappa shape index (κ2) is 4.86. The quantitative estimate of drug-likeness (QED) is 0.857. The summed E-state index contributed by atoms with van der Waals surface area (Å²) in [7, 11) is -3.07. The minimum atomic E-state index is -3.07. The van der Waals surface area contributed by atoms with Crippen molar-refractivity contribution in [3.63, 3.8) is 0 Å². The number of fused-ring (bicyclic) bond motifs is 1. The number of H-pyrrole nitrogens is 2. The fraction of sp³-hybridized carbons (Fsp3) is 0.357. The molecule has 0 radical (unpaired) electrons. The Kier molecular flexibility index (Phi) is 3.30. The van der Waals surface area contributed by atoms with E-state index in [9.17, 15) is 8.42 Å². The Bertz CT molecular complexity index is 789. The van der Waals surface area contributed by atoms with Crippen LogP contribution in [0.3, 0.4) is 0 Å². The molecule has 0 saturated carbocycles. The fourth-order valence-corrected chi connectivity index (χ4v) is 4.48. The van der Waals surface area contributed by atoms with Gasteiger partial charge >= 0.3 is 0 Å². The van der Waals surface area contributed by atoms with Crippen molar-refractivity contribution in [2.75, 3.05) is 6.26 Å². The molecule has 1 heterocycles. The number of hydrogen-bond acceptors (Lipinski definition) is 3. The fourth-order valence-electron chi connectivity index (χ4n) is 3.03. The van der Waals surface area contributed by atoms with Gasteiger partial charge in [-0.05, 0) is 42.1 Å². The van der Waals surface area contributed by atoms with Gasteiger partial charge in [-0.1, -0.05) is 24.3 Å². The van der Waals surface area contributed by atoms with E-state index in [1.54, 1.807) is 0 Å². The van der Waals surface area contributed by atoms with Crippen LogP contribution in [0.1, 0.15) is 34.4 Å². The standard InChI is InChI=1S/C14H16N2O2S2/c1-20(17,18)13-7-9(6-10-8-15-14(19)16-10)11-4-2-3-5-12(11)13/h2-5,8-9,13H,6-7H2,1H3,(H2,15,16,19). The molecule has 3 rings (SSSR count). The summed E-state index contributed by atoms with van der Waals surface area (Å²) >= 11 is 5.03. The molecule has 4 nitrogen and oxygen atoms in total. The van der Waals surface area contributed by atoms with Gasteiger partial charge in [0.05, 0.1) is 5.25 Å². The summed E-state index contributed by atoms with van der Waals surface area (Å²) in [5, 5.41) is -0.384. The summed E-state index contributed by atoms with van der Waals surface area (Å²) in [4.78, 5) is 6.05. The number of hydrogen-bond donors (Lipinski definition) is 2. The lowest BCUT2D eigenvalue weighted by molar-refractivity contribution is 0.574. The Labute approximate surface area is 123 Å². The van der Waals surface area contributed by atoms with Crippen LogP contribution in [0.25, 0.3) is 0 Å². The number of aromatic nitrogens is 2. The maximum absolute atomic E-state index is 12.0. The van der Waals surface area contributed by atoms with Crippen molar-refractivity contribution in [3.8, 4) is 0 Å². The van der Waals surface area contributed by atoms with Gasteiger partial charge in [-0.25, -0.2) is 8.42 Å². The van der Waals surface area contributed by atoms with Crippen LogP contribution in [0.2, 0.25) is 0 Å². The lowest BCUT2D eigenvalue weighted by atomic mass is 9.97. The minimum absolute atomic E-state index is 0.215. The van der Waals surface area contributed by atoms with Crippen LogP contribution >= 0.6 is 12.2 Å². The summed E-state index contributed by atoms with van der Waals surface area (Å²) in [5.41, 5.74) is 3.11. The molecule has 1 aromatic carbocycles. The molecule has 0 aliphatic heterocycles. The number of sulfone groups is 1. The van der Waals surface area contributed by atoms with Gasteiger partial charge in [0.1, 0.15) is 0 Å². The van der Waals surface area contributed by atoms with E-state index in [1.807, 2.05) is 30.5 Å². The van der Waals surface area contributed by atoms with Crippen molar-refractivity contribution < 1.29 is 8.42 Å². The lowest BCUT2D eigenvalue weighted by Gasteiger charge is -2.10. The first kappa shape index (κ1) is 13.6. The predicted octanol–water partition coefficient (Wildman–Crippen LogP) is 2.89. The molecular formula is C14H16N2O2S2. The predicted molar refractivity (Wildman–Crippen MR) is 81.1 cm³/mol. The van der Waals surface area contributed by atoms with Gasteiger partial charge in [0.15, 0.2) is 14.6 Å². The Hall–Kier alpha value is -1.40. The van der Waals surface area contributed by atoms with Crippen molar-refractivity contribution >= 4 is 22.1 Å². The molecule has 0 bridgehead atoms. The van der Waals surface area contributed by atoms with Gasteiger partial charge < -0.3 is 9.97 Å². The third-order valence-electron chi connectivity index (χ3n) is 3.92. The Morgan fingerprint density at radius 2 is 2.00 bits per heavy atom. The Balaban J connectivity index is 1.97. The second-order valence-corrected chi connectivity index (χ2v) is 7.99. The lowest BCUT2D eigenvalue weighted by Crippen LogP contribution is -2.08. The first-order valence-electron chi connectivity index (χ1n) is 6.49. The van der Waals surface area contributed by atoms with Crippen LogP contribution in [-0.4, -0.2) is 24.6 Å². The van der Waals surface area contributed by atoms with E-state index in [2.05, 4.69) is 9.97 Å². The number of nitrogens with one attached hydrogen (secondary N) is 2. The summed E-state index contributed by atoms with van der Waals surface area (Å²) < 4.78 is 24.5. The van der Waals surface area contributed by atoms with Crippen LogP contribution in [0, 0.1) is 4.77 Å². The van der Waals surface area contributed by atoms with Gasteiger partial charge in [-0.3, -0.25) is 0 Å². The highest BCUT2D eigenvalue weighted by Gasteiger charge is 2.36. The molecule has 0 amide bonds. The van der Waals surface area contributed by atoms with Gasteiger partial charge in [0, 0.05) is 18.1 Å². The van der Waals surface area contributed by atoms with Crippen LogP contribution in [-0.2, 0) is 16.3 Å². The second-order valence-electron chi connectivity index (χ2n) is 5.35. The first-order valence-corrected chi connectivity index (χ1v) is 8.85. The molecule has 2 aromatic rings. The zero-order chi connectivity index (χ0) is 14.3. The van der Waals surface area contributed by atoms with Crippen molar-refractivity contribution in [2.24, 2.45) is 0 Å².